The first kappa shape index (κ1) is 17.4. The SMILES string of the molecule is COC(=O)c1c(CN2C(=O)[C@H]3CC=CC[C@H]3C2=O)nc2ccccc2c1C. The third-order valence-electron chi connectivity index (χ3n) is 5.52. The Morgan fingerprint density at radius 1 is 1.15 bits per heavy atom. The maximum atomic E-state index is 12.8. The summed E-state index contributed by atoms with van der Waals surface area (Å²) in [5.41, 5.74) is 2.17. The predicted molar refractivity (Wildman–Crippen MR) is 98.7 cm³/mol. The topological polar surface area (TPSA) is 76.6 Å². The largest absolute Gasteiger partial charge is 0.465 e. The first-order valence-corrected chi connectivity index (χ1v) is 8.99. The highest BCUT2D eigenvalue weighted by molar-refractivity contribution is 6.06. The molecule has 0 bridgehead atoms. The zero-order valence-corrected chi connectivity index (χ0v) is 15.3. The van der Waals surface area contributed by atoms with Gasteiger partial charge in [-0.15, -0.1) is 0 Å². The van der Waals surface area contributed by atoms with Crippen LogP contribution in [0.3, 0.4) is 0 Å². The van der Waals surface area contributed by atoms with Crippen molar-refractivity contribution >= 4 is 28.7 Å². The molecule has 2 atom stereocenters. The van der Waals surface area contributed by atoms with E-state index in [0.29, 0.717) is 24.1 Å². The average molecular weight is 364 g/mol. The Kier molecular flexibility index (Phi) is 4.26. The molecular formula is C21H20N2O4. The second-order valence-electron chi connectivity index (χ2n) is 6.99. The number of fused-ring (bicyclic) bond motifs is 2. The number of aryl methyl sites for hydroxylation is 1. The number of rotatable bonds is 3. The molecule has 0 radical (unpaired) electrons. The van der Waals surface area contributed by atoms with Crippen LogP contribution >= 0.6 is 0 Å². The number of hydrogen-bond acceptors (Lipinski definition) is 5. The highest BCUT2D eigenvalue weighted by Crippen LogP contribution is 2.36. The summed E-state index contributed by atoms with van der Waals surface area (Å²) in [5, 5.41) is 0.846. The van der Waals surface area contributed by atoms with Crippen LogP contribution in [0.25, 0.3) is 10.9 Å². The highest BCUT2D eigenvalue weighted by atomic mass is 16.5. The van der Waals surface area contributed by atoms with Crippen LogP contribution in [-0.2, 0) is 20.9 Å². The fraction of sp³-hybridized carbons (Fsp3) is 0.333. The number of likely N-dealkylation sites (tertiary alicyclic amines) is 1. The van der Waals surface area contributed by atoms with Crippen molar-refractivity contribution in [3.05, 3.63) is 53.2 Å². The minimum Gasteiger partial charge on any atom is -0.465 e. The van der Waals surface area contributed by atoms with Crippen molar-refractivity contribution in [2.24, 2.45) is 11.8 Å². The fourth-order valence-electron chi connectivity index (χ4n) is 4.10. The maximum absolute atomic E-state index is 12.8. The summed E-state index contributed by atoms with van der Waals surface area (Å²) in [6, 6.07) is 7.48. The van der Waals surface area contributed by atoms with E-state index >= 15 is 0 Å². The zero-order chi connectivity index (χ0) is 19.1. The number of imide groups is 1. The van der Waals surface area contributed by atoms with E-state index in [1.165, 1.54) is 12.0 Å². The quantitative estimate of drug-likeness (QED) is 0.475. The first-order chi connectivity index (χ1) is 13.0. The number of hydrogen-bond donors (Lipinski definition) is 0. The molecule has 2 aromatic rings. The van der Waals surface area contributed by atoms with Crippen molar-refractivity contribution in [3.63, 3.8) is 0 Å². The van der Waals surface area contributed by atoms with E-state index in [2.05, 4.69) is 4.98 Å². The molecule has 27 heavy (non-hydrogen) atoms. The van der Waals surface area contributed by atoms with Crippen LogP contribution in [0.2, 0.25) is 0 Å². The molecule has 1 fully saturated rings. The van der Waals surface area contributed by atoms with Crippen molar-refractivity contribution in [1.29, 1.82) is 0 Å². The predicted octanol–water partition coefficient (Wildman–Crippen LogP) is 2.78. The number of methoxy groups -OCH3 is 1. The monoisotopic (exact) mass is 364 g/mol. The minimum absolute atomic E-state index is 0.0131. The van der Waals surface area contributed by atoms with Gasteiger partial charge in [0.2, 0.25) is 11.8 Å². The Morgan fingerprint density at radius 3 is 2.41 bits per heavy atom. The molecule has 0 unspecified atom stereocenters. The number of nitrogens with zero attached hydrogens (tertiary/aromatic N) is 2. The number of benzene rings is 1. The van der Waals surface area contributed by atoms with Gasteiger partial charge in [0.1, 0.15) is 0 Å². The standard InChI is InChI=1S/C21H20N2O4/c1-12-13-7-5-6-10-16(13)22-17(18(12)21(26)27-2)11-23-19(24)14-8-3-4-9-15(14)20(23)25/h3-7,10,14-15H,8-9,11H2,1-2H3/t14-,15+. The van der Waals surface area contributed by atoms with Gasteiger partial charge in [0, 0.05) is 5.39 Å². The van der Waals surface area contributed by atoms with Gasteiger partial charge in [-0.1, -0.05) is 30.4 Å². The molecule has 1 aliphatic carbocycles. The van der Waals surface area contributed by atoms with Crippen LogP contribution < -0.4 is 0 Å². The van der Waals surface area contributed by atoms with E-state index < -0.39 is 5.97 Å². The van der Waals surface area contributed by atoms with Crippen molar-refractivity contribution in [2.75, 3.05) is 7.11 Å². The number of esters is 1. The van der Waals surface area contributed by atoms with Gasteiger partial charge in [-0.2, -0.15) is 0 Å². The van der Waals surface area contributed by atoms with Crippen LogP contribution in [-0.4, -0.2) is 34.8 Å². The number of ether oxygens (including phenoxy) is 1. The molecule has 6 heteroatoms. The van der Waals surface area contributed by atoms with E-state index in [0.717, 1.165) is 16.5 Å². The van der Waals surface area contributed by atoms with Crippen molar-refractivity contribution in [2.45, 2.75) is 26.3 Å². The van der Waals surface area contributed by atoms with Crippen LogP contribution in [0.4, 0.5) is 0 Å². The van der Waals surface area contributed by atoms with Gasteiger partial charge in [-0.05, 0) is 31.4 Å². The average Bonchev–Trinajstić information content (AvgIpc) is 2.93. The highest BCUT2D eigenvalue weighted by Gasteiger charge is 2.47. The second-order valence-corrected chi connectivity index (χ2v) is 6.99. The molecule has 2 amide bonds. The molecule has 1 aromatic heterocycles. The number of amides is 2. The van der Waals surface area contributed by atoms with E-state index in [1.807, 2.05) is 43.3 Å². The van der Waals surface area contributed by atoms with Crippen molar-refractivity contribution in [1.82, 2.24) is 9.88 Å². The van der Waals surface area contributed by atoms with Gasteiger partial charge < -0.3 is 4.74 Å². The first-order valence-electron chi connectivity index (χ1n) is 8.99. The number of para-hydroxylation sites is 1. The summed E-state index contributed by atoms with van der Waals surface area (Å²) < 4.78 is 4.94. The lowest BCUT2D eigenvalue weighted by Gasteiger charge is -2.18. The summed E-state index contributed by atoms with van der Waals surface area (Å²) in [5.74, 6) is -1.48. The number of allylic oxidation sites excluding steroid dienone is 2. The summed E-state index contributed by atoms with van der Waals surface area (Å²) in [4.78, 5) is 43.8. The molecule has 2 heterocycles. The molecule has 0 N–H and O–H groups in total. The molecule has 0 saturated carbocycles. The molecule has 1 aromatic carbocycles. The van der Waals surface area contributed by atoms with E-state index in [-0.39, 0.29) is 30.2 Å². The van der Waals surface area contributed by atoms with Crippen LogP contribution in [0, 0.1) is 18.8 Å². The lowest BCUT2D eigenvalue weighted by molar-refractivity contribution is -0.140. The van der Waals surface area contributed by atoms with Gasteiger partial charge in [0.15, 0.2) is 0 Å². The van der Waals surface area contributed by atoms with Crippen molar-refractivity contribution in [3.8, 4) is 0 Å². The van der Waals surface area contributed by atoms with Crippen LogP contribution in [0.5, 0.6) is 0 Å². The molecule has 2 aliphatic rings. The van der Waals surface area contributed by atoms with E-state index in [1.54, 1.807) is 0 Å². The number of carbonyl (C=O) groups excluding carboxylic acids is 3. The normalized spacial score (nSPS) is 21.6. The Hall–Kier alpha value is -3.02. The summed E-state index contributed by atoms with van der Waals surface area (Å²) in [6.07, 6.45) is 5.07. The molecule has 6 nitrogen and oxygen atoms in total. The number of carbonyl (C=O) groups is 3. The Balaban J connectivity index is 1.78. The third kappa shape index (κ3) is 2.72. The molecule has 4 rings (SSSR count). The minimum atomic E-state index is -0.515. The van der Waals surface area contributed by atoms with Gasteiger partial charge >= 0.3 is 5.97 Å². The third-order valence-corrected chi connectivity index (χ3v) is 5.52. The Bertz CT molecular complexity index is 969. The van der Waals surface area contributed by atoms with Gasteiger partial charge in [-0.3, -0.25) is 14.5 Å². The number of aromatic nitrogens is 1. The summed E-state index contributed by atoms with van der Waals surface area (Å²) in [7, 11) is 1.31. The van der Waals surface area contributed by atoms with Gasteiger partial charge in [0.25, 0.3) is 0 Å². The molecule has 0 spiro atoms. The maximum Gasteiger partial charge on any atom is 0.340 e. The summed E-state index contributed by atoms with van der Waals surface area (Å²) >= 11 is 0. The molecule has 138 valence electrons. The van der Waals surface area contributed by atoms with E-state index in [9.17, 15) is 14.4 Å². The van der Waals surface area contributed by atoms with Gasteiger partial charge in [-0.25, -0.2) is 9.78 Å². The lowest BCUT2D eigenvalue weighted by Crippen LogP contribution is -2.32. The van der Waals surface area contributed by atoms with Crippen LogP contribution in [0.15, 0.2) is 36.4 Å². The smallest absolute Gasteiger partial charge is 0.340 e. The zero-order valence-electron chi connectivity index (χ0n) is 15.3. The van der Waals surface area contributed by atoms with E-state index in [4.69, 9.17) is 4.74 Å². The Morgan fingerprint density at radius 2 is 1.78 bits per heavy atom. The lowest BCUT2D eigenvalue weighted by atomic mass is 9.85. The van der Waals surface area contributed by atoms with Gasteiger partial charge in [0.05, 0.1) is 42.3 Å². The fourth-order valence-corrected chi connectivity index (χ4v) is 4.10. The summed E-state index contributed by atoms with van der Waals surface area (Å²) in [6.45, 7) is 1.82. The van der Waals surface area contributed by atoms with Crippen LogP contribution in [0.1, 0.15) is 34.5 Å². The number of pyridine rings is 1. The molecule has 1 aliphatic heterocycles. The molecular weight excluding hydrogens is 344 g/mol. The second kappa shape index (κ2) is 6.61. The molecule has 1 saturated heterocycles. The Labute approximate surface area is 156 Å². The van der Waals surface area contributed by atoms with Crippen molar-refractivity contribution < 1.29 is 19.1 Å².